The van der Waals surface area contributed by atoms with Gasteiger partial charge < -0.3 is 0 Å². The molecule has 0 radical (unpaired) electrons. The lowest BCUT2D eigenvalue weighted by atomic mass is 10.1. The Kier molecular flexibility index (Phi) is 3.84. The average Bonchev–Trinajstić information content (AvgIpc) is 2.62. The second-order valence-electron chi connectivity index (χ2n) is 2.80. The topological polar surface area (TPSA) is 41.6 Å². The predicted molar refractivity (Wildman–Crippen MR) is 54.6 cm³/mol. The van der Waals surface area contributed by atoms with Gasteiger partial charge in [0.2, 0.25) is 0 Å². The Morgan fingerprint density at radius 2 is 2.46 bits per heavy atom. The molecule has 3 nitrogen and oxygen atoms in total. The summed E-state index contributed by atoms with van der Waals surface area (Å²) in [6, 6.07) is 0. The molecule has 1 aromatic rings. The smallest absolute Gasteiger partial charge is 0.184 e. The number of rotatable bonds is 4. The Balaban J connectivity index is 2.59. The number of aromatic amines is 1. The molecular weight excluding hydrogens is 182 g/mol. The van der Waals surface area contributed by atoms with E-state index in [0.717, 1.165) is 17.4 Å². The van der Waals surface area contributed by atoms with Crippen LogP contribution in [0.15, 0.2) is 5.16 Å². The maximum absolute atomic E-state index is 5.14. The second kappa shape index (κ2) is 4.93. The highest BCUT2D eigenvalue weighted by Gasteiger charge is 2.09. The Labute approximate surface area is 82.7 Å². The summed E-state index contributed by atoms with van der Waals surface area (Å²) in [7, 11) is 0. The zero-order valence-electron chi connectivity index (χ0n) is 7.87. The van der Waals surface area contributed by atoms with Crippen LogP contribution in [0.3, 0.4) is 0 Å². The summed E-state index contributed by atoms with van der Waals surface area (Å²) in [5, 5.41) is 7.79. The first kappa shape index (κ1) is 10.1. The summed E-state index contributed by atoms with van der Waals surface area (Å²) in [6.45, 7) is 4.23. The third-order valence-electron chi connectivity index (χ3n) is 1.83. The minimum atomic E-state index is 0.413. The Morgan fingerprint density at radius 1 is 1.69 bits per heavy atom. The highest BCUT2D eigenvalue weighted by atomic mass is 32.2. The lowest BCUT2D eigenvalue weighted by Gasteiger charge is -1.99. The van der Waals surface area contributed by atoms with Crippen molar-refractivity contribution in [3.63, 3.8) is 0 Å². The van der Waals surface area contributed by atoms with Crippen LogP contribution in [0.5, 0.6) is 0 Å². The van der Waals surface area contributed by atoms with Crippen LogP contribution in [-0.4, -0.2) is 20.9 Å². The van der Waals surface area contributed by atoms with Crippen LogP contribution >= 0.6 is 11.8 Å². The van der Waals surface area contributed by atoms with E-state index in [-0.39, 0.29) is 0 Å². The number of thioether (sulfide) groups is 1. The van der Waals surface area contributed by atoms with E-state index >= 15 is 0 Å². The Morgan fingerprint density at radius 3 is 3.08 bits per heavy atom. The molecule has 1 heterocycles. The summed E-state index contributed by atoms with van der Waals surface area (Å²) in [4.78, 5) is 4.32. The maximum atomic E-state index is 5.14. The summed E-state index contributed by atoms with van der Waals surface area (Å²) in [5.41, 5.74) is 0. The predicted octanol–water partition coefficient (Wildman–Crippen LogP) is 2.04. The fraction of sp³-hybridized carbons (Fsp3) is 0.556. The van der Waals surface area contributed by atoms with Crippen molar-refractivity contribution >= 4 is 11.8 Å². The first-order chi connectivity index (χ1) is 6.27. The number of hydrogen-bond acceptors (Lipinski definition) is 3. The van der Waals surface area contributed by atoms with E-state index in [1.165, 1.54) is 11.8 Å². The summed E-state index contributed by atoms with van der Waals surface area (Å²) in [5.74, 6) is 4.47. The molecule has 0 aliphatic rings. The van der Waals surface area contributed by atoms with Gasteiger partial charge in [-0.1, -0.05) is 31.5 Å². The fourth-order valence-corrected chi connectivity index (χ4v) is 1.32. The molecule has 1 atom stereocenters. The van der Waals surface area contributed by atoms with E-state index in [4.69, 9.17) is 6.42 Å². The summed E-state index contributed by atoms with van der Waals surface area (Å²) < 4.78 is 0. The lowest BCUT2D eigenvalue weighted by Crippen LogP contribution is -1.93. The van der Waals surface area contributed by atoms with Gasteiger partial charge >= 0.3 is 0 Å². The van der Waals surface area contributed by atoms with Gasteiger partial charge in [0.1, 0.15) is 0 Å². The molecule has 0 fully saturated rings. The lowest BCUT2D eigenvalue weighted by molar-refractivity contribution is 0.681. The zero-order chi connectivity index (χ0) is 9.68. The van der Waals surface area contributed by atoms with Crippen molar-refractivity contribution in [1.82, 2.24) is 15.2 Å². The van der Waals surface area contributed by atoms with E-state index < -0.39 is 0 Å². The van der Waals surface area contributed by atoms with Gasteiger partial charge in [0, 0.05) is 5.92 Å². The molecule has 0 saturated carbocycles. The highest BCUT2D eigenvalue weighted by molar-refractivity contribution is 7.99. The molecule has 1 unspecified atom stereocenters. The van der Waals surface area contributed by atoms with Gasteiger partial charge in [-0.2, -0.15) is 5.10 Å². The van der Waals surface area contributed by atoms with Gasteiger partial charge in [0.25, 0.3) is 0 Å². The standard InChI is InChI=1S/C9H13N3S/c1-4-6-13-9-10-8(11-12-9)7(3)5-2/h1,7H,5-6H2,2-3H3,(H,10,11,12). The molecule has 0 aliphatic heterocycles. The Hall–Kier alpha value is -0.950. The first-order valence-electron chi connectivity index (χ1n) is 4.26. The summed E-state index contributed by atoms with van der Waals surface area (Å²) >= 11 is 1.50. The average molecular weight is 195 g/mol. The molecule has 1 N–H and O–H groups in total. The van der Waals surface area contributed by atoms with Crippen LogP contribution in [0, 0.1) is 12.3 Å². The van der Waals surface area contributed by atoms with Crippen LogP contribution < -0.4 is 0 Å². The highest BCUT2D eigenvalue weighted by Crippen LogP contribution is 2.17. The third kappa shape index (κ3) is 2.78. The van der Waals surface area contributed by atoms with Gasteiger partial charge in [0.15, 0.2) is 11.0 Å². The van der Waals surface area contributed by atoms with Crippen molar-refractivity contribution in [1.29, 1.82) is 0 Å². The second-order valence-corrected chi connectivity index (χ2v) is 3.76. The van der Waals surface area contributed by atoms with Crippen LogP contribution in [0.2, 0.25) is 0 Å². The van der Waals surface area contributed by atoms with E-state index in [0.29, 0.717) is 11.7 Å². The molecule has 0 amide bonds. The molecule has 1 rings (SSSR count). The molecule has 0 spiro atoms. The van der Waals surface area contributed by atoms with Gasteiger partial charge in [0.05, 0.1) is 5.75 Å². The third-order valence-corrected chi connectivity index (χ3v) is 2.59. The molecule has 13 heavy (non-hydrogen) atoms. The van der Waals surface area contributed by atoms with Crippen LogP contribution in [0.1, 0.15) is 32.0 Å². The fourth-order valence-electron chi connectivity index (χ4n) is 0.837. The van der Waals surface area contributed by atoms with E-state index in [1.807, 2.05) is 0 Å². The van der Waals surface area contributed by atoms with Crippen molar-refractivity contribution in [2.75, 3.05) is 5.75 Å². The SMILES string of the molecule is C#CCSc1nc(C(C)CC)n[nH]1. The van der Waals surface area contributed by atoms with Crippen molar-refractivity contribution < 1.29 is 0 Å². The van der Waals surface area contributed by atoms with E-state index in [2.05, 4.69) is 34.9 Å². The van der Waals surface area contributed by atoms with E-state index in [9.17, 15) is 0 Å². The van der Waals surface area contributed by atoms with Gasteiger partial charge in [-0.15, -0.1) is 6.42 Å². The minimum absolute atomic E-state index is 0.413. The summed E-state index contributed by atoms with van der Waals surface area (Å²) in [6.07, 6.45) is 6.19. The number of terminal acetylenes is 1. The molecule has 0 bridgehead atoms. The molecule has 1 aromatic heterocycles. The Bertz CT molecular complexity index is 300. The molecule has 70 valence electrons. The number of nitrogens with zero attached hydrogens (tertiary/aromatic N) is 2. The van der Waals surface area contributed by atoms with Gasteiger partial charge in [-0.3, -0.25) is 5.10 Å². The van der Waals surface area contributed by atoms with Crippen molar-refractivity contribution in [2.45, 2.75) is 31.3 Å². The number of aromatic nitrogens is 3. The van der Waals surface area contributed by atoms with E-state index in [1.54, 1.807) is 0 Å². The largest absolute Gasteiger partial charge is 0.254 e. The quantitative estimate of drug-likeness (QED) is 0.590. The maximum Gasteiger partial charge on any atom is 0.184 e. The number of hydrogen-bond donors (Lipinski definition) is 1. The van der Waals surface area contributed by atoms with Crippen LogP contribution in [0.4, 0.5) is 0 Å². The molecule has 0 aromatic carbocycles. The molecule has 4 heteroatoms. The zero-order valence-corrected chi connectivity index (χ0v) is 8.69. The first-order valence-corrected chi connectivity index (χ1v) is 5.25. The monoisotopic (exact) mass is 195 g/mol. The van der Waals surface area contributed by atoms with Crippen molar-refractivity contribution in [2.24, 2.45) is 0 Å². The van der Waals surface area contributed by atoms with Gasteiger partial charge in [-0.25, -0.2) is 4.98 Å². The van der Waals surface area contributed by atoms with Crippen LogP contribution in [0.25, 0.3) is 0 Å². The molecule has 0 saturated heterocycles. The van der Waals surface area contributed by atoms with Crippen LogP contribution in [-0.2, 0) is 0 Å². The van der Waals surface area contributed by atoms with Crippen molar-refractivity contribution in [3.8, 4) is 12.3 Å². The normalized spacial score (nSPS) is 12.4. The minimum Gasteiger partial charge on any atom is -0.254 e. The molecule has 0 aliphatic carbocycles. The van der Waals surface area contributed by atoms with Gasteiger partial charge in [-0.05, 0) is 6.42 Å². The molecular formula is C9H13N3S. The number of H-pyrrole nitrogens is 1. The number of nitrogens with one attached hydrogen (secondary N) is 1. The van der Waals surface area contributed by atoms with Crippen molar-refractivity contribution in [3.05, 3.63) is 5.82 Å².